The highest BCUT2D eigenvalue weighted by molar-refractivity contribution is 5.78. The van der Waals surface area contributed by atoms with Gasteiger partial charge in [0.1, 0.15) is 6.54 Å². The molecule has 0 bridgehead atoms. The van der Waals surface area contributed by atoms with Crippen LogP contribution >= 0.6 is 0 Å². The first-order valence-electron chi connectivity index (χ1n) is 6.97. The molecule has 118 valence electrons. The van der Waals surface area contributed by atoms with Crippen molar-refractivity contribution in [2.24, 2.45) is 0 Å². The van der Waals surface area contributed by atoms with Crippen molar-refractivity contribution in [2.45, 2.75) is 45.3 Å². The molecule has 8 heteroatoms. The molecule has 0 amide bonds. The van der Waals surface area contributed by atoms with E-state index < -0.39 is 17.8 Å². The first-order valence-corrected chi connectivity index (χ1v) is 6.97. The topological polar surface area (TPSA) is 52.7 Å². The average Bonchev–Trinajstić information content (AvgIpc) is 3.06. The number of halogens is 3. The number of carbonyl (C=O) groups is 1. The third-order valence-corrected chi connectivity index (χ3v) is 3.63. The van der Waals surface area contributed by atoms with Crippen LogP contribution in [0.2, 0.25) is 0 Å². The van der Waals surface area contributed by atoms with Gasteiger partial charge in [0.15, 0.2) is 5.69 Å². The van der Waals surface area contributed by atoms with Crippen LogP contribution in [0.4, 0.5) is 13.2 Å². The van der Waals surface area contributed by atoms with Crippen molar-refractivity contribution in [3.8, 4) is 0 Å². The summed E-state index contributed by atoms with van der Waals surface area (Å²) >= 11 is 0. The lowest BCUT2D eigenvalue weighted by atomic mass is 10.2. The van der Waals surface area contributed by atoms with Gasteiger partial charge >= 0.3 is 6.18 Å². The maximum absolute atomic E-state index is 12.8. The van der Waals surface area contributed by atoms with Crippen LogP contribution in [0, 0.1) is 13.8 Å². The van der Waals surface area contributed by atoms with E-state index in [4.69, 9.17) is 0 Å². The lowest BCUT2D eigenvalue weighted by Crippen LogP contribution is -2.22. The zero-order valence-corrected chi connectivity index (χ0v) is 12.2. The van der Waals surface area contributed by atoms with Gasteiger partial charge in [-0.3, -0.25) is 9.48 Å². The Kier molecular flexibility index (Phi) is 3.34. The maximum atomic E-state index is 12.8. The molecule has 0 unspecified atom stereocenters. The van der Waals surface area contributed by atoms with Crippen molar-refractivity contribution < 1.29 is 18.0 Å². The Labute approximate surface area is 124 Å². The minimum atomic E-state index is -4.50. The molecule has 22 heavy (non-hydrogen) atoms. The number of hydrogen-bond donors (Lipinski definition) is 0. The molecule has 0 aliphatic heterocycles. The minimum absolute atomic E-state index is 0.0665. The first-order chi connectivity index (χ1) is 10.3. The van der Waals surface area contributed by atoms with E-state index in [1.165, 1.54) is 9.36 Å². The number of carbonyl (C=O) groups excluding carboxylic acids is 1. The Morgan fingerprint density at radius 1 is 1.27 bits per heavy atom. The lowest BCUT2D eigenvalue weighted by molar-refractivity contribution is -0.141. The molecule has 2 aromatic heterocycles. The molecule has 0 atom stereocenters. The van der Waals surface area contributed by atoms with E-state index in [2.05, 4.69) is 10.2 Å². The number of alkyl halides is 3. The van der Waals surface area contributed by atoms with Crippen LogP contribution in [0.5, 0.6) is 0 Å². The summed E-state index contributed by atoms with van der Waals surface area (Å²) in [6.45, 7) is 3.23. The summed E-state index contributed by atoms with van der Waals surface area (Å²) < 4.78 is 40.8. The van der Waals surface area contributed by atoms with E-state index in [-0.39, 0.29) is 12.5 Å². The van der Waals surface area contributed by atoms with E-state index in [9.17, 15) is 18.0 Å². The molecule has 1 aliphatic carbocycles. The van der Waals surface area contributed by atoms with Crippen LogP contribution in [0.25, 0.3) is 0 Å². The van der Waals surface area contributed by atoms with Crippen LogP contribution < -0.4 is 0 Å². The summed E-state index contributed by atoms with van der Waals surface area (Å²) in [6, 6.07) is 2.79. The zero-order valence-electron chi connectivity index (χ0n) is 12.2. The minimum Gasteiger partial charge on any atom is -0.270 e. The van der Waals surface area contributed by atoms with Crippen molar-refractivity contribution in [3.63, 3.8) is 0 Å². The van der Waals surface area contributed by atoms with Gasteiger partial charge in [-0.15, -0.1) is 0 Å². The molecular weight excluding hydrogens is 297 g/mol. The van der Waals surface area contributed by atoms with E-state index in [1.807, 2.05) is 0 Å². The molecular formula is C14H15F3N4O. The number of rotatable bonds is 3. The van der Waals surface area contributed by atoms with Gasteiger partial charge in [-0.25, -0.2) is 4.68 Å². The third kappa shape index (κ3) is 2.77. The third-order valence-electron chi connectivity index (χ3n) is 3.63. The fourth-order valence-electron chi connectivity index (χ4n) is 2.48. The fourth-order valence-corrected chi connectivity index (χ4v) is 2.48. The molecule has 2 aromatic rings. The summed E-state index contributed by atoms with van der Waals surface area (Å²) in [7, 11) is 0. The van der Waals surface area contributed by atoms with Gasteiger partial charge in [0, 0.05) is 17.3 Å². The van der Waals surface area contributed by atoms with E-state index >= 15 is 0 Å². The summed E-state index contributed by atoms with van der Waals surface area (Å²) in [5.41, 5.74) is 0.862. The highest BCUT2D eigenvalue weighted by atomic mass is 19.4. The molecule has 1 saturated carbocycles. The van der Waals surface area contributed by atoms with Crippen LogP contribution in [0.3, 0.4) is 0 Å². The highest BCUT2D eigenvalue weighted by Gasteiger charge is 2.38. The Bertz CT molecular complexity index is 725. The van der Waals surface area contributed by atoms with Gasteiger partial charge in [0.05, 0.1) is 5.69 Å². The standard InChI is InChI=1S/C14H15F3N4O/c1-8-5-9(2)21(18-8)13(22)7-20-11(10-3-4-10)6-12(19-20)14(15,16)17/h5-6,10H,3-4,7H2,1-2H3. The van der Waals surface area contributed by atoms with E-state index in [0.29, 0.717) is 17.1 Å². The van der Waals surface area contributed by atoms with Gasteiger partial charge in [-0.05, 0) is 38.8 Å². The van der Waals surface area contributed by atoms with E-state index in [1.54, 1.807) is 19.9 Å². The molecule has 3 rings (SSSR count). The summed E-state index contributed by atoms with van der Waals surface area (Å²) in [4.78, 5) is 12.3. The summed E-state index contributed by atoms with van der Waals surface area (Å²) in [5, 5.41) is 7.63. The molecule has 1 fully saturated rings. The molecule has 1 aliphatic rings. The van der Waals surface area contributed by atoms with Gasteiger partial charge in [0.25, 0.3) is 5.91 Å². The van der Waals surface area contributed by atoms with Crippen molar-refractivity contribution in [2.75, 3.05) is 0 Å². The van der Waals surface area contributed by atoms with Crippen LogP contribution in [0.15, 0.2) is 12.1 Å². The molecule has 0 radical (unpaired) electrons. The lowest BCUT2D eigenvalue weighted by Gasteiger charge is -2.07. The summed E-state index contributed by atoms with van der Waals surface area (Å²) in [5.74, 6) is -0.332. The Hall–Kier alpha value is -2.12. The highest BCUT2D eigenvalue weighted by Crippen LogP contribution is 2.42. The van der Waals surface area contributed by atoms with Crippen molar-refractivity contribution in [1.82, 2.24) is 19.6 Å². The second-order valence-corrected chi connectivity index (χ2v) is 5.62. The molecule has 0 spiro atoms. The normalized spacial score (nSPS) is 15.3. The van der Waals surface area contributed by atoms with Crippen LogP contribution in [-0.4, -0.2) is 25.5 Å². The second-order valence-electron chi connectivity index (χ2n) is 5.62. The van der Waals surface area contributed by atoms with Crippen molar-refractivity contribution >= 4 is 5.91 Å². The number of nitrogens with zero attached hydrogens (tertiary/aromatic N) is 4. The van der Waals surface area contributed by atoms with Gasteiger partial charge in [-0.2, -0.15) is 23.4 Å². The number of aryl methyl sites for hydroxylation is 2. The first kappa shape index (κ1) is 14.8. The molecule has 0 N–H and O–H groups in total. The molecule has 2 heterocycles. The Morgan fingerprint density at radius 3 is 2.45 bits per heavy atom. The Morgan fingerprint density at radius 2 is 1.95 bits per heavy atom. The smallest absolute Gasteiger partial charge is 0.270 e. The number of aromatic nitrogens is 4. The van der Waals surface area contributed by atoms with Gasteiger partial charge < -0.3 is 0 Å². The maximum Gasteiger partial charge on any atom is 0.435 e. The van der Waals surface area contributed by atoms with Crippen molar-refractivity contribution in [1.29, 1.82) is 0 Å². The largest absolute Gasteiger partial charge is 0.435 e. The molecule has 0 saturated heterocycles. The predicted molar refractivity (Wildman–Crippen MR) is 71.5 cm³/mol. The quantitative estimate of drug-likeness (QED) is 0.875. The molecule has 5 nitrogen and oxygen atoms in total. The van der Waals surface area contributed by atoms with Crippen molar-refractivity contribution in [3.05, 3.63) is 34.9 Å². The summed E-state index contributed by atoms with van der Waals surface area (Å²) in [6.07, 6.45) is -2.84. The molecule has 0 aromatic carbocycles. The SMILES string of the molecule is Cc1cc(C)n(C(=O)Cn2nc(C(F)(F)F)cc2C2CC2)n1. The van der Waals surface area contributed by atoms with Gasteiger partial charge in [0.2, 0.25) is 0 Å². The Balaban J connectivity index is 1.89. The monoisotopic (exact) mass is 312 g/mol. The van der Waals surface area contributed by atoms with Crippen LogP contribution in [0.1, 0.15) is 46.3 Å². The number of hydrogen-bond acceptors (Lipinski definition) is 3. The van der Waals surface area contributed by atoms with Crippen LogP contribution in [-0.2, 0) is 12.7 Å². The average molecular weight is 312 g/mol. The van der Waals surface area contributed by atoms with E-state index in [0.717, 1.165) is 18.9 Å². The second kappa shape index (κ2) is 4.96. The zero-order chi connectivity index (χ0) is 16.1. The van der Waals surface area contributed by atoms with Gasteiger partial charge in [-0.1, -0.05) is 0 Å². The fraction of sp³-hybridized carbons (Fsp3) is 0.500. The predicted octanol–water partition coefficient (Wildman–Crippen LogP) is 2.93.